The van der Waals surface area contributed by atoms with E-state index in [1.807, 2.05) is 0 Å². The number of ketones is 1. The number of esters is 1. The highest BCUT2D eigenvalue weighted by molar-refractivity contribution is 6.53. The highest BCUT2D eigenvalue weighted by atomic mass is 35.5. The Morgan fingerprint density at radius 2 is 1.80 bits per heavy atom. The fourth-order valence-corrected chi connectivity index (χ4v) is 2.46. The van der Waals surface area contributed by atoms with Gasteiger partial charge in [0.1, 0.15) is 15.5 Å². The van der Waals surface area contributed by atoms with Crippen LogP contribution in [0, 0.1) is 5.41 Å². The minimum absolute atomic E-state index is 0.292. The van der Waals surface area contributed by atoms with Crippen molar-refractivity contribution in [1.82, 2.24) is 0 Å². The summed E-state index contributed by atoms with van der Waals surface area (Å²) in [6.45, 7) is 1.29. The topological polar surface area (TPSA) is 52.6 Å². The van der Waals surface area contributed by atoms with Crippen LogP contribution in [-0.2, 0) is 9.53 Å². The van der Waals surface area contributed by atoms with Crippen molar-refractivity contribution in [1.29, 1.82) is 0 Å². The van der Waals surface area contributed by atoms with E-state index < -0.39 is 15.7 Å². The Kier molecular flexibility index (Phi) is 3.98. The van der Waals surface area contributed by atoms with Crippen molar-refractivity contribution in [2.75, 3.05) is 13.7 Å². The molecule has 1 aromatic rings. The lowest BCUT2D eigenvalue weighted by atomic mass is 10.1. The van der Waals surface area contributed by atoms with Gasteiger partial charge < -0.3 is 9.47 Å². The van der Waals surface area contributed by atoms with Crippen LogP contribution in [0.4, 0.5) is 0 Å². The maximum atomic E-state index is 11.9. The van der Waals surface area contributed by atoms with Crippen molar-refractivity contribution in [3.63, 3.8) is 0 Å². The highest BCUT2D eigenvalue weighted by Crippen LogP contribution is 2.64. The average molecular weight is 317 g/mol. The summed E-state index contributed by atoms with van der Waals surface area (Å²) in [5.41, 5.74) is -0.474. The molecule has 0 unspecified atom stereocenters. The lowest BCUT2D eigenvalue weighted by molar-refractivity contribution is -0.148. The maximum absolute atomic E-state index is 11.9. The molecule has 2 rings (SSSR count). The first-order valence-electron chi connectivity index (χ1n) is 6.02. The van der Waals surface area contributed by atoms with Gasteiger partial charge in [-0.3, -0.25) is 9.59 Å². The van der Waals surface area contributed by atoms with Crippen molar-refractivity contribution >= 4 is 35.0 Å². The molecule has 0 saturated heterocycles. The van der Waals surface area contributed by atoms with Crippen LogP contribution in [-0.4, -0.2) is 29.8 Å². The van der Waals surface area contributed by atoms with Crippen LogP contribution < -0.4 is 4.74 Å². The van der Waals surface area contributed by atoms with Crippen molar-refractivity contribution in [2.45, 2.75) is 17.7 Å². The summed E-state index contributed by atoms with van der Waals surface area (Å²) in [7, 11) is 1.54. The number of carbonyl (C=O) groups excluding carboxylic acids is 2. The van der Waals surface area contributed by atoms with E-state index in [4.69, 9.17) is 32.7 Å². The normalized spacial score (nSPS) is 23.0. The molecule has 0 radical (unpaired) electrons. The van der Waals surface area contributed by atoms with E-state index in [-0.39, 0.29) is 12.4 Å². The van der Waals surface area contributed by atoms with Crippen LogP contribution in [0.2, 0.25) is 0 Å². The predicted molar refractivity (Wildman–Crippen MR) is 75.4 cm³/mol. The molecule has 0 N–H and O–H groups in total. The molecule has 0 aliphatic heterocycles. The molecule has 1 fully saturated rings. The Morgan fingerprint density at radius 3 is 2.25 bits per heavy atom. The zero-order valence-electron chi connectivity index (χ0n) is 11.1. The van der Waals surface area contributed by atoms with Gasteiger partial charge in [0.15, 0.2) is 12.4 Å². The van der Waals surface area contributed by atoms with Crippen molar-refractivity contribution in [3.05, 3.63) is 29.8 Å². The Balaban J connectivity index is 1.91. The van der Waals surface area contributed by atoms with Gasteiger partial charge in [-0.15, -0.1) is 23.2 Å². The van der Waals surface area contributed by atoms with Crippen molar-refractivity contribution in [3.8, 4) is 5.75 Å². The molecule has 6 heteroatoms. The summed E-state index contributed by atoms with van der Waals surface area (Å²) in [6.07, 6.45) is 0.332. The van der Waals surface area contributed by atoms with Crippen LogP contribution in [0.3, 0.4) is 0 Å². The smallest absolute Gasteiger partial charge is 0.315 e. The van der Waals surface area contributed by atoms with Gasteiger partial charge in [-0.1, -0.05) is 0 Å². The minimum atomic E-state index is -1.09. The molecule has 0 aromatic heterocycles. The largest absolute Gasteiger partial charge is 0.497 e. The standard InChI is InChI=1S/C14H14Cl2O4/c1-13(8-14(13,15)16)12(18)20-7-11(17)9-3-5-10(19-2)6-4-9/h3-6H,7-8H2,1-2H3/t13-/m1/s1. The zero-order chi connectivity index (χ0) is 15.0. The first kappa shape index (κ1) is 15.1. The number of rotatable bonds is 5. The molecule has 0 spiro atoms. The summed E-state index contributed by atoms with van der Waals surface area (Å²) < 4.78 is 8.90. The van der Waals surface area contributed by atoms with Gasteiger partial charge in [-0.25, -0.2) is 0 Å². The van der Waals surface area contributed by atoms with E-state index in [1.165, 1.54) is 0 Å². The highest BCUT2D eigenvalue weighted by Gasteiger charge is 2.69. The number of methoxy groups -OCH3 is 1. The molecular formula is C14H14Cl2O4. The third-order valence-electron chi connectivity index (χ3n) is 3.45. The Hall–Kier alpha value is -1.26. The molecule has 4 nitrogen and oxygen atoms in total. The summed E-state index contributed by atoms with van der Waals surface area (Å²) in [4.78, 5) is 23.7. The second-order valence-electron chi connectivity index (χ2n) is 4.94. The van der Waals surface area contributed by atoms with Crippen LogP contribution in [0.25, 0.3) is 0 Å². The molecule has 108 valence electrons. The van der Waals surface area contributed by atoms with E-state index in [0.29, 0.717) is 17.7 Å². The SMILES string of the molecule is COc1ccc(C(=O)COC(=O)[C@@]2(C)CC2(Cl)Cl)cc1. The molecule has 0 bridgehead atoms. The summed E-state index contributed by atoms with van der Waals surface area (Å²) in [6, 6.07) is 6.56. The van der Waals surface area contributed by atoms with Gasteiger partial charge >= 0.3 is 5.97 Å². The van der Waals surface area contributed by atoms with Gasteiger partial charge in [-0.05, 0) is 31.2 Å². The molecule has 1 aliphatic rings. The third kappa shape index (κ3) is 2.76. The lowest BCUT2D eigenvalue weighted by Crippen LogP contribution is -2.24. The van der Waals surface area contributed by atoms with E-state index in [0.717, 1.165) is 0 Å². The molecular weight excluding hydrogens is 303 g/mol. The summed E-state index contributed by atoms with van der Waals surface area (Å²) in [5, 5.41) is 0. The number of hydrogen-bond acceptors (Lipinski definition) is 4. The second kappa shape index (κ2) is 5.26. The third-order valence-corrected chi connectivity index (χ3v) is 4.56. The van der Waals surface area contributed by atoms with Crippen molar-refractivity contribution in [2.24, 2.45) is 5.41 Å². The maximum Gasteiger partial charge on any atom is 0.315 e. The van der Waals surface area contributed by atoms with E-state index in [1.54, 1.807) is 38.3 Å². The van der Waals surface area contributed by atoms with Gasteiger partial charge in [0.2, 0.25) is 0 Å². The van der Waals surface area contributed by atoms with Crippen molar-refractivity contribution < 1.29 is 19.1 Å². The number of ether oxygens (including phenoxy) is 2. The van der Waals surface area contributed by atoms with Gasteiger partial charge in [0, 0.05) is 12.0 Å². The quantitative estimate of drug-likeness (QED) is 0.476. The van der Waals surface area contributed by atoms with E-state index in [2.05, 4.69) is 0 Å². The molecule has 0 heterocycles. The first-order chi connectivity index (χ1) is 9.30. The van der Waals surface area contributed by atoms with Crippen LogP contribution in [0.1, 0.15) is 23.7 Å². The van der Waals surface area contributed by atoms with E-state index >= 15 is 0 Å². The Labute approximate surface area is 127 Å². The Bertz CT molecular complexity index is 539. The van der Waals surface area contributed by atoms with Gasteiger partial charge in [-0.2, -0.15) is 0 Å². The summed E-state index contributed by atoms with van der Waals surface area (Å²) >= 11 is 11.7. The van der Waals surface area contributed by atoms with Gasteiger partial charge in [0.05, 0.1) is 7.11 Å². The molecule has 1 aliphatic carbocycles. The molecule has 0 amide bonds. The number of carbonyl (C=O) groups is 2. The second-order valence-corrected chi connectivity index (χ2v) is 6.43. The first-order valence-corrected chi connectivity index (χ1v) is 6.78. The number of alkyl halides is 2. The lowest BCUT2D eigenvalue weighted by Gasteiger charge is -2.11. The van der Waals surface area contributed by atoms with Gasteiger partial charge in [0.25, 0.3) is 0 Å². The molecule has 20 heavy (non-hydrogen) atoms. The number of halogens is 2. The fourth-order valence-electron chi connectivity index (χ4n) is 1.77. The predicted octanol–water partition coefficient (Wildman–Crippen LogP) is 3.01. The number of hydrogen-bond donors (Lipinski definition) is 0. The van der Waals surface area contributed by atoms with Crippen LogP contribution in [0.15, 0.2) is 24.3 Å². The Morgan fingerprint density at radius 1 is 1.25 bits per heavy atom. The fraction of sp³-hybridized carbons (Fsp3) is 0.429. The zero-order valence-corrected chi connectivity index (χ0v) is 12.6. The average Bonchev–Trinajstić information content (AvgIpc) is 2.96. The number of benzene rings is 1. The summed E-state index contributed by atoms with van der Waals surface area (Å²) in [5.74, 6) is -0.192. The monoisotopic (exact) mass is 316 g/mol. The number of Topliss-reactive ketones (excluding diaryl/α,β-unsaturated/α-hetero) is 1. The molecule has 1 saturated carbocycles. The van der Waals surface area contributed by atoms with Crippen LogP contribution >= 0.6 is 23.2 Å². The van der Waals surface area contributed by atoms with Crippen LogP contribution in [0.5, 0.6) is 5.75 Å². The molecule has 1 aromatic carbocycles. The molecule has 1 atom stereocenters. The van der Waals surface area contributed by atoms with E-state index in [9.17, 15) is 9.59 Å². The minimum Gasteiger partial charge on any atom is -0.497 e.